The number of H-pyrrole nitrogens is 1. The number of carbonyl (C=O) groups excluding carboxylic acids is 1. The summed E-state index contributed by atoms with van der Waals surface area (Å²) in [5.74, 6) is 0.922. The molecule has 0 aliphatic rings. The van der Waals surface area contributed by atoms with Gasteiger partial charge in [0.15, 0.2) is 0 Å². The molecule has 0 radical (unpaired) electrons. The molecule has 7 nitrogen and oxygen atoms in total. The molecular formula is C25H22N4O3S. The number of nitriles is 1. The summed E-state index contributed by atoms with van der Waals surface area (Å²) in [7, 11) is 0. The molecule has 2 aromatic heterocycles. The van der Waals surface area contributed by atoms with Crippen LogP contribution in [0.2, 0.25) is 0 Å². The molecular weight excluding hydrogens is 436 g/mol. The van der Waals surface area contributed by atoms with E-state index in [4.69, 9.17) is 10.00 Å². The maximum Gasteiger partial charge on any atom is 0.259 e. The summed E-state index contributed by atoms with van der Waals surface area (Å²) in [5.41, 5.74) is 2.87. The maximum atomic E-state index is 12.5. The van der Waals surface area contributed by atoms with E-state index in [1.807, 2.05) is 26.0 Å². The van der Waals surface area contributed by atoms with E-state index >= 15 is 0 Å². The fourth-order valence-electron chi connectivity index (χ4n) is 3.43. The number of aromatic nitrogens is 2. The van der Waals surface area contributed by atoms with Crippen LogP contribution in [-0.4, -0.2) is 15.9 Å². The van der Waals surface area contributed by atoms with Crippen LogP contribution in [0.25, 0.3) is 10.2 Å². The van der Waals surface area contributed by atoms with Gasteiger partial charge in [0.25, 0.3) is 5.56 Å². The molecule has 2 N–H and O–H groups in total. The number of nitrogens with zero attached hydrogens (tertiary/aromatic N) is 2. The van der Waals surface area contributed by atoms with Crippen LogP contribution in [0.5, 0.6) is 5.75 Å². The van der Waals surface area contributed by atoms with Gasteiger partial charge in [0, 0.05) is 29.5 Å². The van der Waals surface area contributed by atoms with Crippen LogP contribution in [0.3, 0.4) is 0 Å². The predicted molar refractivity (Wildman–Crippen MR) is 129 cm³/mol. The first-order valence-corrected chi connectivity index (χ1v) is 11.3. The Morgan fingerprint density at radius 3 is 2.85 bits per heavy atom. The Morgan fingerprint density at radius 1 is 1.21 bits per heavy atom. The molecule has 0 saturated carbocycles. The Morgan fingerprint density at radius 2 is 2.03 bits per heavy atom. The topological polar surface area (TPSA) is 108 Å². The van der Waals surface area contributed by atoms with Crippen molar-refractivity contribution < 1.29 is 9.53 Å². The lowest BCUT2D eigenvalue weighted by Crippen LogP contribution is -2.16. The molecule has 0 unspecified atom stereocenters. The average Bonchev–Trinajstić information content (AvgIpc) is 3.10. The van der Waals surface area contributed by atoms with Crippen molar-refractivity contribution in [2.75, 3.05) is 5.32 Å². The molecule has 0 aliphatic carbocycles. The van der Waals surface area contributed by atoms with Crippen molar-refractivity contribution in [2.45, 2.75) is 33.3 Å². The van der Waals surface area contributed by atoms with Crippen LogP contribution in [-0.2, 0) is 17.8 Å². The number of carbonyl (C=O) groups is 1. The van der Waals surface area contributed by atoms with Crippen LogP contribution in [0.1, 0.15) is 33.8 Å². The first-order valence-electron chi connectivity index (χ1n) is 10.4. The van der Waals surface area contributed by atoms with E-state index in [0.717, 1.165) is 16.0 Å². The lowest BCUT2D eigenvalue weighted by atomic mass is 10.1. The minimum Gasteiger partial charge on any atom is -0.489 e. The van der Waals surface area contributed by atoms with E-state index in [9.17, 15) is 9.59 Å². The van der Waals surface area contributed by atoms with Crippen LogP contribution >= 0.6 is 11.3 Å². The zero-order valence-corrected chi connectivity index (χ0v) is 19.1. The first-order chi connectivity index (χ1) is 15.9. The summed E-state index contributed by atoms with van der Waals surface area (Å²) in [6, 6.07) is 16.5. The van der Waals surface area contributed by atoms with Crippen LogP contribution in [0, 0.1) is 25.2 Å². The second kappa shape index (κ2) is 9.67. The molecule has 2 heterocycles. The van der Waals surface area contributed by atoms with Gasteiger partial charge in [0.2, 0.25) is 5.91 Å². The standard InChI is InChI=1S/C25H22N4O3S/c1-15-16(2)33-25-23(15)24(31)28-21(29-25)9-10-22(30)27-19-7-4-8-20(12-19)32-14-18-6-3-5-17(11-18)13-26/h3-8,11-12H,9-10,14H2,1-2H3,(H,27,30)(H,28,29,31). The third-order valence-electron chi connectivity index (χ3n) is 5.26. The summed E-state index contributed by atoms with van der Waals surface area (Å²) in [4.78, 5) is 33.9. The number of benzene rings is 2. The van der Waals surface area contributed by atoms with Gasteiger partial charge in [-0.15, -0.1) is 11.3 Å². The average molecular weight is 459 g/mol. The highest BCUT2D eigenvalue weighted by Crippen LogP contribution is 2.26. The molecule has 0 fully saturated rings. The number of hydrogen-bond donors (Lipinski definition) is 2. The van der Waals surface area contributed by atoms with Gasteiger partial charge < -0.3 is 15.0 Å². The third-order valence-corrected chi connectivity index (χ3v) is 6.36. The van der Waals surface area contributed by atoms with Gasteiger partial charge in [-0.1, -0.05) is 18.2 Å². The second-order valence-corrected chi connectivity index (χ2v) is 8.86. The number of amides is 1. The van der Waals surface area contributed by atoms with Gasteiger partial charge in [-0.3, -0.25) is 9.59 Å². The smallest absolute Gasteiger partial charge is 0.259 e. The number of aryl methyl sites for hydroxylation is 3. The van der Waals surface area contributed by atoms with E-state index in [-0.39, 0.29) is 17.9 Å². The first kappa shape index (κ1) is 22.2. The van der Waals surface area contributed by atoms with Crippen LogP contribution in [0.15, 0.2) is 53.3 Å². The number of fused-ring (bicyclic) bond motifs is 1. The summed E-state index contributed by atoms with van der Waals surface area (Å²) >= 11 is 1.49. The molecule has 1 amide bonds. The highest BCUT2D eigenvalue weighted by Gasteiger charge is 2.13. The Balaban J connectivity index is 1.35. The molecule has 0 atom stereocenters. The monoisotopic (exact) mass is 458 g/mol. The van der Waals surface area contributed by atoms with Crippen molar-refractivity contribution in [3.63, 3.8) is 0 Å². The van der Waals surface area contributed by atoms with Gasteiger partial charge in [-0.25, -0.2) is 4.98 Å². The third kappa shape index (κ3) is 5.27. The number of hydrogen-bond acceptors (Lipinski definition) is 6. The minimum absolute atomic E-state index is 0.164. The molecule has 2 aromatic carbocycles. The van der Waals surface area contributed by atoms with Gasteiger partial charge in [-0.05, 0) is 49.2 Å². The lowest BCUT2D eigenvalue weighted by molar-refractivity contribution is -0.116. The van der Waals surface area contributed by atoms with Gasteiger partial charge in [-0.2, -0.15) is 5.26 Å². The van der Waals surface area contributed by atoms with E-state index in [1.54, 1.807) is 36.4 Å². The van der Waals surface area contributed by atoms with Crippen molar-refractivity contribution in [3.8, 4) is 11.8 Å². The quantitative estimate of drug-likeness (QED) is 0.420. The van der Waals surface area contributed by atoms with E-state index in [1.165, 1.54) is 11.3 Å². The predicted octanol–water partition coefficient (Wildman–Crippen LogP) is 4.62. The lowest BCUT2D eigenvalue weighted by Gasteiger charge is -2.10. The SMILES string of the molecule is Cc1sc2nc(CCC(=O)Nc3cccc(OCc4cccc(C#N)c4)c3)[nH]c(=O)c2c1C. The summed E-state index contributed by atoms with van der Waals surface area (Å²) in [6.45, 7) is 4.20. The molecule has 166 valence electrons. The minimum atomic E-state index is -0.185. The van der Waals surface area contributed by atoms with Crippen molar-refractivity contribution >= 4 is 33.1 Å². The van der Waals surface area contributed by atoms with Crippen molar-refractivity contribution in [1.29, 1.82) is 5.26 Å². The molecule has 33 heavy (non-hydrogen) atoms. The number of ether oxygens (including phenoxy) is 1. The fourth-order valence-corrected chi connectivity index (χ4v) is 4.48. The Hall–Kier alpha value is -3.96. The highest BCUT2D eigenvalue weighted by molar-refractivity contribution is 7.18. The number of anilines is 1. The van der Waals surface area contributed by atoms with Crippen molar-refractivity contribution in [3.05, 3.63) is 86.3 Å². The Kier molecular flexibility index (Phi) is 6.52. The van der Waals surface area contributed by atoms with E-state index in [2.05, 4.69) is 21.4 Å². The van der Waals surface area contributed by atoms with Gasteiger partial charge in [0.05, 0.1) is 17.0 Å². The Bertz CT molecular complexity index is 1430. The zero-order valence-electron chi connectivity index (χ0n) is 18.3. The fraction of sp³-hybridized carbons (Fsp3) is 0.200. The molecule has 4 rings (SSSR count). The molecule has 0 bridgehead atoms. The van der Waals surface area contributed by atoms with E-state index in [0.29, 0.717) is 46.1 Å². The maximum absolute atomic E-state index is 12.5. The van der Waals surface area contributed by atoms with Gasteiger partial charge in [0.1, 0.15) is 23.0 Å². The number of aromatic amines is 1. The molecule has 8 heteroatoms. The Labute approximate surface area is 194 Å². The zero-order chi connectivity index (χ0) is 23.4. The number of nitrogens with one attached hydrogen (secondary N) is 2. The largest absolute Gasteiger partial charge is 0.489 e. The molecule has 4 aromatic rings. The van der Waals surface area contributed by atoms with Gasteiger partial charge >= 0.3 is 0 Å². The van der Waals surface area contributed by atoms with Crippen LogP contribution < -0.4 is 15.6 Å². The molecule has 0 aliphatic heterocycles. The molecule has 0 saturated heterocycles. The van der Waals surface area contributed by atoms with Crippen LogP contribution in [0.4, 0.5) is 5.69 Å². The normalized spacial score (nSPS) is 10.7. The second-order valence-electron chi connectivity index (χ2n) is 7.65. The number of rotatable bonds is 7. The van der Waals surface area contributed by atoms with Crippen molar-refractivity contribution in [1.82, 2.24) is 9.97 Å². The number of thiophene rings is 1. The summed E-state index contributed by atoms with van der Waals surface area (Å²) in [5, 5.41) is 12.5. The summed E-state index contributed by atoms with van der Waals surface area (Å²) < 4.78 is 5.80. The van der Waals surface area contributed by atoms with E-state index < -0.39 is 0 Å². The summed E-state index contributed by atoms with van der Waals surface area (Å²) in [6.07, 6.45) is 0.516. The highest BCUT2D eigenvalue weighted by atomic mass is 32.1. The molecule has 0 spiro atoms. The van der Waals surface area contributed by atoms with Crippen molar-refractivity contribution in [2.24, 2.45) is 0 Å².